The molecule has 5 nitrogen and oxygen atoms in total. The molecule has 0 aliphatic carbocycles. The molecule has 0 spiro atoms. The van der Waals surface area contributed by atoms with Crippen LogP contribution < -0.4 is 4.74 Å². The van der Waals surface area contributed by atoms with E-state index in [0.29, 0.717) is 37.2 Å². The number of phenolic OH excluding ortho intramolecular Hbond substituents is 1. The zero-order valence-corrected chi connectivity index (χ0v) is 16.3. The molecule has 0 fully saturated rings. The molecule has 2 rings (SSSR count). The number of esters is 1. The second-order valence-electron chi connectivity index (χ2n) is 6.79. The maximum Gasteiger partial charge on any atom is 0.343 e. The molecule has 0 radical (unpaired) electrons. The second kappa shape index (κ2) is 9.95. The number of hydrogen-bond acceptors (Lipinski definition) is 5. The Bertz CT molecular complexity index is 745. The quantitative estimate of drug-likeness (QED) is 0.608. The summed E-state index contributed by atoms with van der Waals surface area (Å²) in [6.45, 7) is 6.11. The highest BCUT2D eigenvalue weighted by atomic mass is 16.5. The van der Waals surface area contributed by atoms with Crippen LogP contribution >= 0.6 is 0 Å². The Hall–Kier alpha value is -2.56. The molecule has 0 saturated carbocycles. The molecule has 1 N–H and O–H groups in total. The van der Waals surface area contributed by atoms with Crippen LogP contribution in [-0.2, 0) is 9.53 Å². The van der Waals surface area contributed by atoms with Crippen LogP contribution in [0.1, 0.15) is 68.8 Å². The van der Waals surface area contributed by atoms with Crippen molar-refractivity contribution in [2.24, 2.45) is 0 Å². The van der Waals surface area contributed by atoms with Gasteiger partial charge in [-0.15, -0.1) is 0 Å². The maximum atomic E-state index is 12.7. The van der Waals surface area contributed by atoms with Gasteiger partial charge >= 0.3 is 5.97 Å². The third kappa shape index (κ3) is 5.98. The van der Waals surface area contributed by atoms with Gasteiger partial charge in [-0.3, -0.25) is 4.79 Å². The molecule has 0 amide bonds. The van der Waals surface area contributed by atoms with Crippen LogP contribution in [-0.4, -0.2) is 29.6 Å². The number of cyclic esters (lactones) is 1. The average Bonchev–Trinajstić information content (AvgIpc) is 2.62. The number of ketones is 1. The van der Waals surface area contributed by atoms with Gasteiger partial charge in [-0.2, -0.15) is 0 Å². The molecule has 1 aromatic rings. The van der Waals surface area contributed by atoms with E-state index in [-0.39, 0.29) is 17.1 Å². The number of Topliss-reactive ketones (excluding diaryl/α,β-unsaturated/α-hetero) is 1. The molecule has 1 heterocycles. The van der Waals surface area contributed by atoms with Crippen molar-refractivity contribution in [3.8, 4) is 11.5 Å². The van der Waals surface area contributed by atoms with E-state index < -0.39 is 12.1 Å². The largest absolute Gasteiger partial charge is 0.507 e. The number of carbonyl (C=O) groups is 2. The smallest absolute Gasteiger partial charge is 0.343 e. The van der Waals surface area contributed by atoms with Crippen molar-refractivity contribution in [3.63, 3.8) is 0 Å². The topological polar surface area (TPSA) is 72.8 Å². The molecule has 5 heteroatoms. The van der Waals surface area contributed by atoms with Crippen molar-refractivity contribution in [2.75, 3.05) is 6.61 Å². The summed E-state index contributed by atoms with van der Waals surface area (Å²) in [7, 11) is 0. The monoisotopic (exact) mass is 372 g/mol. The Morgan fingerprint density at radius 2 is 2.07 bits per heavy atom. The number of phenols is 1. The number of aromatic hydroxyl groups is 1. The number of rotatable bonds is 3. The second-order valence-corrected chi connectivity index (χ2v) is 6.79. The highest BCUT2D eigenvalue weighted by molar-refractivity contribution is 5.97. The first-order chi connectivity index (χ1) is 12.9. The van der Waals surface area contributed by atoms with Gasteiger partial charge < -0.3 is 14.6 Å². The van der Waals surface area contributed by atoms with Gasteiger partial charge in [0.25, 0.3) is 0 Å². The molecule has 146 valence electrons. The number of ether oxygens (including phenoxy) is 2. The molecular weight excluding hydrogens is 344 g/mol. The Kier molecular flexibility index (Phi) is 7.65. The van der Waals surface area contributed by atoms with Crippen LogP contribution in [0.5, 0.6) is 11.5 Å². The number of carbonyl (C=O) groups excluding carboxylic acids is 2. The zero-order chi connectivity index (χ0) is 19.8. The van der Waals surface area contributed by atoms with Crippen molar-refractivity contribution < 1.29 is 24.2 Å². The van der Waals surface area contributed by atoms with E-state index in [0.717, 1.165) is 18.4 Å². The Balaban J connectivity index is 2.40. The van der Waals surface area contributed by atoms with E-state index in [4.69, 9.17) is 9.47 Å². The van der Waals surface area contributed by atoms with Crippen LogP contribution in [0.25, 0.3) is 6.08 Å². The zero-order valence-electron chi connectivity index (χ0n) is 16.3. The summed E-state index contributed by atoms with van der Waals surface area (Å²) in [5.41, 5.74) is 1.49. The minimum absolute atomic E-state index is 0.128. The standard InChI is InChI=1S/C22H28O5/c1-4-12-26-19-13-17-8-6-5-7-9-18(23)11-10-15(2)16(3)27-22(25)21(17)20(24)14-19/h6,8,10,13-14,16,24H,4-5,7,9,11-12H2,1-3H3/t16-/m0/s1. The number of allylic oxidation sites excluding steroid dienone is 2. The molecular formula is C22H28O5. The highest BCUT2D eigenvalue weighted by Gasteiger charge is 2.21. The predicted molar refractivity (Wildman–Crippen MR) is 105 cm³/mol. The summed E-state index contributed by atoms with van der Waals surface area (Å²) in [6, 6.07) is 3.17. The first-order valence-electron chi connectivity index (χ1n) is 9.48. The third-order valence-corrected chi connectivity index (χ3v) is 4.50. The fourth-order valence-corrected chi connectivity index (χ4v) is 2.76. The molecule has 1 aromatic carbocycles. The van der Waals surface area contributed by atoms with Crippen LogP contribution in [0.2, 0.25) is 0 Å². The van der Waals surface area contributed by atoms with Gasteiger partial charge in [-0.05, 0) is 50.3 Å². The van der Waals surface area contributed by atoms with Crippen LogP contribution in [0.4, 0.5) is 0 Å². The van der Waals surface area contributed by atoms with Gasteiger partial charge in [-0.25, -0.2) is 4.79 Å². The van der Waals surface area contributed by atoms with Crippen LogP contribution in [0.3, 0.4) is 0 Å². The van der Waals surface area contributed by atoms with Gasteiger partial charge in [0.2, 0.25) is 0 Å². The SMILES string of the molecule is CCCOc1cc(O)c2c(c1)C=CCCCC(=O)CC=C(C)[C@H](C)OC2=O. The van der Waals surface area contributed by atoms with Crippen LogP contribution in [0.15, 0.2) is 29.9 Å². The lowest BCUT2D eigenvalue weighted by atomic mass is 10.0. The Morgan fingerprint density at radius 1 is 1.30 bits per heavy atom. The van der Waals surface area contributed by atoms with E-state index in [1.54, 1.807) is 19.1 Å². The predicted octanol–water partition coefficient (Wildman–Crippen LogP) is 4.83. The lowest BCUT2D eigenvalue weighted by molar-refractivity contribution is -0.118. The summed E-state index contributed by atoms with van der Waals surface area (Å²) in [4.78, 5) is 24.6. The lowest BCUT2D eigenvalue weighted by Gasteiger charge is -2.17. The lowest BCUT2D eigenvalue weighted by Crippen LogP contribution is -2.17. The van der Waals surface area contributed by atoms with E-state index >= 15 is 0 Å². The minimum atomic E-state index is -0.599. The van der Waals surface area contributed by atoms with Crippen molar-refractivity contribution >= 4 is 17.8 Å². The Labute approximate surface area is 160 Å². The number of hydrogen-bond donors (Lipinski definition) is 1. The summed E-state index contributed by atoms with van der Waals surface area (Å²) in [5, 5.41) is 10.4. The fourth-order valence-electron chi connectivity index (χ4n) is 2.76. The fraction of sp³-hybridized carbons (Fsp3) is 0.455. The summed E-state index contributed by atoms with van der Waals surface area (Å²) >= 11 is 0. The maximum absolute atomic E-state index is 12.7. The minimum Gasteiger partial charge on any atom is -0.507 e. The van der Waals surface area contributed by atoms with Crippen molar-refractivity contribution in [1.29, 1.82) is 0 Å². The van der Waals surface area contributed by atoms with E-state index in [1.807, 2.05) is 26.0 Å². The van der Waals surface area contributed by atoms with Crippen molar-refractivity contribution in [3.05, 3.63) is 41.0 Å². The van der Waals surface area contributed by atoms with E-state index in [2.05, 4.69) is 0 Å². The summed E-state index contributed by atoms with van der Waals surface area (Å²) < 4.78 is 11.1. The normalized spacial score (nSPS) is 18.9. The van der Waals surface area contributed by atoms with Gasteiger partial charge in [0.15, 0.2) is 0 Å². The molecule has 1 atom stereocenters. The molecule has 0 saturated heterocycles. The van der Waals surface area contributed by atoms with Gasteiger partial charge in [0.05, 0.1) is 6.61 Å². The average molecular weight is 372 g/mol. The molecule has 0 unspecified atom stereocenters. The molecule has 0 bridgehead atoms. The molecule has 1 aliphatic heterocycles. The molecule has 1 aliphatic rings. The summed E-state index contributed by atoms with van der Waals surface area (Å²) in [6.07, 6.45) is 8.16. The first kappa shape index (κ1) is 20.7. The molecule has 0 aromatic heterocycles. The van der Waals surface area contributed by atoms with E-state index in [1.165, 1.54) is 6.07 Å². The van der Waals surface area contributed by atoms with Crippen molar-refractivity contribution in [2.45, 2.75) is 59.0 Å². The third-order valence-electron chi connectivity index (χ3n) is 4.50. The van der Waals surface area contributed by atoms with Gasteiger partial charge in [-0.1, -0.05) is 25.2 Å². The van der Waals surface area contributed by atoms with E-state index in [9.17, 15) is 14.7 Å². The van der Waals surface area contributed by atoms with Crippen LogP contribution in [0, 0.1) is 0 Å². The first-order valence-corrected chi connectivity index (χ1v) is 9.48. The Morgan fingerprint density at radius 3 is 2.81 bits per heavy atom. The van der Waals surface area contributed by atoms with Crippen molar-refractivity contribution in [1.82, 2.24) is 0 Å². The number of fused-ring (bicyclic) bond motifs is 1. The highest BCUT2D eigenvalue weighted by Crippen LogP contribution is 2.31. The number of benzene rings is 1. The summed E-state index contributed by atoms with van der Waals surface area (Å²) in [5.74, 6) is -0.0835. The van der Waals surface area contributed by atoms with Gasteiger partial charge in [0, 0.05) is 18.9 Å². The molecule has 27 heavy (non-hydrogen) atoms. The van der Waals surface area contributed by atoms with Gasteiger partial charge in [0.1, 0.15) is 28.9 Å².